The summed E-state index contributed by atoms with van der Waals surface area (Å²) in [5.41, 5.74) is 1.83. The molecule has 1 aromatic carbocycles. The van der Waals surface area contributed by atoms with E-state index in [2.05, 4.69) is 61.6 Å². The maximum atomic E-state index is 3.81. The Morgan fingerprint density at radius 3 is 2.45 bits per heavy atom. The molecule has 106 valence electrons. The van der Waals surface area contributed by atoms with Crippen LogP contribution in [0, 0.1) is 6.92 Å². The molecule has 0 aliphatic heterocycles. The molecule has 1 fully saturated rings. The maximum absolute atomic E-state index is 3.81. The molecule has 1 N–H and O–H groups in total. The Kier molecular flexibility index (Phi) is 3.95. The van der Waals surface area contributed by atoms with Gasteiger partial charge in [0.05, 0.1) is 6.04 Å². The van der Waals surface area contributed by atoms with Crippen molar-refractivity contribution in [2.45, 2.75) is 44.6 Å². The summed E-state index contributed by atoms with van der Waals surface area (Å²) in [6.07, 6.45) is 3.79. The van der Waals surface area contributed by atoms with Gasteiger partial charge in [-0.1, -0.05) is 37.3 Å². The van der Waals surface area contributed by atoms with Gasteiger partial charge in [-0.05, 0) is 50.4 Å². The molecule has 1 unspecified atom stereocenters. The van der Waals surface area contributed by atoms with Gasteiger partial charge in [0.15, 0.2) is 0 Å². The summed E-state index contributed by atoms with van der Waals surface area (Å²) in [6.45, 7) is 5.54. The highest BCUT2D eigenvalue weighted by Gasteiger charge is 2.51. The second-order valence-corrected chi connectivity index (χ2v) is 7.18. The van der Waals surface area contributed by atoms with Crippen LogP contribution in [0.5, 0.6) is 0 Å². The van der Waals surface area contributed by atoms with Gasteiger partial charge in [0.2, 0.25) is 0 Å². The van der Waals surface area contributed by atoms with E-state index in [0.717, 1.165) is 6.54 Å². The van der Waals surface area contributed by atoms with Gasteiger partial charge in [0, 0.05) is 15.2 Å². The van der Waals surface area contributed by atoms with E-state index in [0.29, 0.717) is 11.5 Å². The van der Waals surface area contributed by atoms with Crippen molar-refractivity contribution in [1.82, 2.24) is 5.32 Å². The van der Waals surface area contributed by atoms with Crippen LogP contribution in [-0.2, 0) is 5.41 Å². The lowest BCUT2D eigenvalue weighted by atomic mass is 9.87. The second kappa shape index (κ2) is 5.71. The number of hydrogen-bond donors (Lipinski definition) is 1. The Balaban J connectivity index is 1.93. The molecule has 2 aromatic rings. The highest BCUT2D eigenvalue weighted by Crippen LogP contribution is 2.57. The molecular weight excluding hydrogens is 262 g/mol. The fourth-order valence-corrected chi connectivity index (χ4v) is 4.19. The lowest BCUT2D eigenvalue weighted by Gasteiger charge is -2.28. The quantitative estimate of drug-likeness (QED) is 0.801. The molecule has 1 aliphatic rings. The highest BCUT2D eigenvalue weighted by molar-refractivity contribution is 7.12. The van der Waals surface area contributed by atoms with Gasteiger partial charge in [-0.3, -0.25) is 0 Å². The smallest absolute Gasteiger partial charge is 0.0513 e. The van der Waals surface area contributed by atoms with Gasteiger partial charge in [-0.2, -0.15) is 0 Å². The molecule has 0 amide bonds. The summed E-state index contributed by atoms with van der Waals surface area (Å²) in [7, 11) is 0. The van der Waals surface area contributed by atoms with Crippen LogP contribution >= 0.6 is 11.3 Å². The first-order chi connectivity index (χ1) is 9.76. The van der Waals surface area contributed by atoms with Crippen molar-refractivity contribution in [3.05, 3.63) is 57.8 Å². The van der Waals surface area contributed by atoms with E-state index in [1.54, 1.807) is 0 Å². The summed E-state index contributed by atoms with van der Waals surface area (Å²) < 4.78 is 0. The number of thiophene rings is 1. The SMILES string of the molecule is CCCNC(c1ccc(C)s1)C1(c2ccccc2)CC1. The molecule has 20 heavy (non-hydrogen) atoms. The van der Waals surface area contributed by atoms with Crippen molar-refractivity contribution in [1.29, 1.82) is 0 Å². The fourth-order valence-electron chi connectivity index (χ4n) is 3.11. The fraction of sp³-hybridized carbons (Fsp3) is 0.444. The molecule has 0 saturated heterocycles. The molecule has 1 atom stereocenters. The number of rotatable bonds is 6. The topological polar surface area (TPSA) is 12.0 Å². The monoisotopic (exact) mass is 285 g/mol. The van der Waals surface area contributed by atoms with Gasteiger partial charge in [0.25, 0.3) is 0 Å². The van der Waals surface area contributed by atoms with Crippen molar-refractivity contribution in [2.24, 2.45) is 0 Å². The normalized spacial score (nSPS) is 17.9. The molecule has 3 rings (SSSR count). The lowest BCUT2D eigenvalue weighted by Crippen LogP contribution is -2.32. The van der Waals surface area contributed by atoms with Crippen LogP contribution in [0.1, 0.15) is 47.5 Å². The van der Waals surface area contributed by atoms with E-state index in [-0.39, 0.29) is 0 Å². The van der Waals surface area contributed by atoms with Gasteiger partial charge in [-0.15, -0.1) is 11.3 Å². The summed E-state index contributed by atoms with van der Waals surface area (Å²) in [5, 5.41) is 3.81. The van der Waals surface area contributed by atoms with Gasteiger partial charge >= 0.3 is 0 Å². The van der Waals surface area contributed by atoms with Crippen LogP contribution in [0.25, 0.3) is 0 Å². The van der Waals surface area contributed by atoms with Crippen LogP contribution < -0.4 is 5.32 Å². The summed E-state index contributed by atoms with van der Waals surface area (Å²) >= 11 is 1.95. The van der Waals surface area contributed by atoms with Crippen molar-refractivity contribution < 1.29 is 0 Å². The first-order valence-electron chi connectivity index (χ1n) is 7.61. The maximum Gasteiger partial charge on any atom is 0.0513 e. The molecule has 0 radical (unpaired) electrons. The molecule has 0 spiro atoms. The molecule has 1 aromatic heterocycles. The largest absolute Gasteiger partial charge is 0.309 e. The minimum Gasteiger partial charge on any atom is -0.309 e. The lowest BCUT2D eigenvalue weighted by molar-refractivity contribution is 0.435. The minimum absolute atomic E-state index is 0.327. The third-order valence-electron chi connectivity index (χ3n) is 4.33. The van der Waals surface area contributed by atoms with Crippen LogP contribution in [0.15, 0.2) is 42.5 Å². The van der Waals surface area contributed by atoms with E-state index < -0.39 is 0 Å². The number of benzene rings is 1. The number of aryl methyl sites for hydroxylation is 1. The standard InChI is InChI=1S/C18H23NS/c1-3-13-19-17(16-10-9-14(2)20-16)18(11-12-18)15-7-5-4-6-8-15/h4-10,17,19H,3,11-13H2,1-2H3. The number of hydrogen-bond acceptors (Lipinski definition) is 2. The first kappa shape index (κ1) is 13.8. The van der Waals surface area contributed by atoms with Gasteiger partial charge < -0.3 is 5.32 Å². The van der Waals surface area contributed by atoms with E-state index in [1.165, 1.54) is 34.6 Å². The minimum atomic E-state index is 0.327. The van der Waals surface area contributed by atoms with Gasteiger partial charge in [-0.25, -0.2) is 0 Å². The predicted octanol–water partition coefficient (Wildman–Crippen LogP) is 4.83. The summed E-state index contributed by atoms with van der Waals surface area (Å²) in [5.74, 6) is 0. The van der Waals surface area contributed by atoms with Crippen LogP contribution in [-0.4, -0.2) is 6.54 Å². The molecular formula is C18H23NS. The predicted molar refractivity (Wildman–Crippen MR) is 87.4 cm³/mol. The summed E-state index contributed by atoms with van der Waals surface area (Å²) in [4.78, 5) is 2.91. The zero-order chi connectivity index (χ0) is 14.0. The molecule has 1 heterocycles. The van der Waals surface area contributed by atoms with Crippen molar-refractivity contribution >= 4 is 11.3 Å². The van der Waals surface area contributed by atoms with Crippen molar-refractivity contribution in [3.63, 3.8) is 0 Å². The zero-order valence-electron chi connectivity index (χ0n) is 12.4. The van der Waals surface area contributed by atoms with E-state index in [1.807, 2.05) is 11.3 Å². The molecule has 2 heteroatoms. The Hall–Kier alpha value is -1.12. The molecule has 1 saturated carbocycles. The highest BCUT2D eigenvalue weighted by atomic mass is 32.1. The average molecular weight is 285 g/mol. The molecule has 1 aliphatic carbocycles. The van der Waals surface area contributed by atoms with Crippen molar-refractivity contribution in [3.8, 4) is 0 Å². The van der Waals surface area contributed by atoms with E-state index in [4.69, 9.17) is 0 Å². The Morgan fingerprint density at radius 2 is 1.90 bits per heavy atom. The third-order valence-corrected chi connectivity index (χ3v) is 5.40. The molecule has 1 nitrogen and oxygen atoms in total. The van der Waals surface area contributed by atoms with E-state index in [9.17, 15) is 0 Å². The van der Waals surface area contributed by atoms with Crippen LogP contribution in [0.4, 0.5) is 0 Å². The van der Waals surface area contributed by atoms with E-state index >= 15 is 0 Å². The first-order valence-corrected chi connectivity index (χ1v) is 8.43. The summed E-state index contributed by atoms with van der Waals surface area (Å²) in [6, 6.07) is 16.1. The van der Waals surface area contributed by atoms with Gasteiger partial charge in [0.1, 0.15) is 0 Å². The third kappa shape index (κ3) is 2.55. The number of nitrogens with one attached hydrogen (secondary N) is 1. The Labute approximate surface area is 126 Å². The van der Waals surface area contributed by atoms with Crippen LogP contribution in [0.2, 0.25) is 0 Å². The molecule has 0 bridgehead atoms. The second-order valence-electron chi connectivity index (χ2n) is 5.86. The van der Waals surface area contributed by atoms with Crippen LogP contribution in [0.3, 0.4) is 0 Å². The Bertz CT molecular complexity index is 554. The Morgan fingerprint density at radius 1 is 1.15 bits per heavy atom. The van der Waals surface area contributed by atoms with Crippen molar-refractivity contribution in [2.75, 3.05) is 6.54 Å². The zero-order valence-corrected chi connectivity index (χ0v) is 13.2. The average Bonchev–Trinajstić information content (AvgIpc) is 3.17.